The van der Waals surface area contributed by atoms with Gasteiger partial charge < -0.3 is 0 Å². The summed E-state index contributed by atoms with van der Waals surface area (Å²) in [6, 6.07) is 10.1. The van der Waals surface area contributed by atoms with Crippen LogP contribution in [0.3, 0.4) is 0 Å². The maximum absolute atomic E-state index is 13.1. The van der Waals surface area contributed by atoms with Gasteiger partial charge >= 0.3 is 0 Å². The average Bonchev–Trinajstić information content (AvgIpc) is 2.98. The van der Waals surface area contributed by atoms with Crippen molar-refractivity contribution in [3.8, 4) is 10.4 Å². The highest BCUT2D eigenvalue weighted by Crippen LogP contribution is 2.22. The molecule has 2 heterocycles. The quantitative estimate of drug-likeness (QED) is 0.690. The highest BCUT2D eigenvalue weighted by Gasteiger charge is 2.04. The fourth-order valence-electron chi connectivity index (χ4n) is 2.03. The monoisotopic (exact) mass is 285 g/mol. The lowest BCUT2D eigenvalue weighted by molar-refractivity contribution is 0.573. The number of rotatable bonds is 3. The molecule has 0 amide bonds. The Hall–Kier alpha value is -2.14. The summed E-state index contributed by atoms with van der Waals surface area (Å²) in [5.74, 6) is -0.401. The van der Waals surface area contributed by atoms with Crippen molar-refractivity contribution in [3.63, 3.8) is 0 Å². The average molecular weight is 285 g/mol. The first-order chi connectivity index (χ1) is 9.72. The maximum Gasteiger partial charge on any atom is 0.215 e. The second-order valence-electron chi connectivity index (χ2n) is 4.61. The summed E-state index contributed by atoms with van der Waals surface area (Å²) < 4.78 is 17.0. The van der Waals surface area contributed by atoms with Crippen LogP contribution < -0.4 is 0 Å². The van der Waals surface area contributed by atoms with Crippen molar-refractivity contribution in [1.29, 1.82) is 0 Å². The van der Waals surface area contributed by atoms with Crippen molar-refractivity contribution in [3.05, 3.63) is 65.4 Å². The van der Waals surface area contributed by atoms with Crippen LogP contribution in [0, 0.1) is 12.9 Å². The van der Waals surface area contributed by atoms with Gasteiger partial charge in [0.1, 0.15) is 0 Å². The molecule has 0 N–H and O–H groups in total. The molecule has 1 aromatic carbocycles. The van der Waals surface area contributed by atoms with Crippen molar-refractivity contribution in [2.45, 2.75) is 13.3 Å². The number of benzene rings is 1. The predicted octanol–water partition coefficient (Wildman–Crippen LogP) is 3.64. The summed E-state index contributed by atoms with van der Waals surface area (Å²) in [5.41, 5.74) is 3.86. The Morgan fingerprint density at radius 2 is 1.90 bits per heavy atom. The van der Waals surface area contributed by atoms with Gasteiger partial charge in [0.05, 0.1) is 11.1 Å². The zero-order valence-electron chi connectivity index (χ0n) is 10.9. The standard InChI is InChI=1S/C15H12FN3S/c1-10-6-12(8-17-15(10)16)7-11-2-4-13(5-3-11)14-9-18-19-20-14/h2-6,8-9H,7H2,1H3. The van der Waals surface area contributed by atoms with Gasteiger partial charge in [-0.05, 0) is 47.6 Å². The Bertz CT molecular complexity index is 708. The van der Waals surface area contributed by atoms with E-state index in [0.29, 0.717) is 5.56 Å². The summed E-state index contributed by atoms with van der Waals surface area (Å²) in [7, 11) is 0. The van der Waals surface area contributed by atoms with Gasteiger partial charge in [-0.1, -0.05) is 28.8 Å². The molecule has 20 heavy (non-hydrogen) atoms. The first kappa shape index (κ1) is 12.9. The van der Waals surface area contributed by atoms with Gasteiger partial charge in [0.25, 0.3) is 0 Å². The SMILES string of the molecule is Cc1cc(Cc2ccc(-c3cnns3)cc2)cnc1F. The lowest BCUT2D eigenvalue weighted by atomic mass is 10.0. The van der Waals surface area contributed by atoms with Crippen molar-refractivity contribution in [2.75, 3.05) is 0 Å². The third-order valence-corrected chi connectivity index (χ3v) is 3.79. The molecule has 0 aliphatic carbocycles. The van der Waals surface area contributed by atoms with Gasteiger partial charge in [-0.15, -0.1) is 5.10 Å². The van der Waals surface area contributed by atoms with Crippen molar-refractivity contribution < 1.29 is 4.39 Å². The van der Waals surface area contributed by atoms with E-state index in [9.17, 15) is 4.39 Å². The van der Waals surface area contributed by atoms with Crippen LogP contribution in [0.25, 0.3) is 10.4 Å². The summed E-state index contributed by atoms with van der Waals surface area (Å²) in [5, 5.41) is 3.83. The van der Waals surface area contributed by atoms with E-state index in [-0.39, 0.29) is 0 Å². The predicted molar refractivity (Wildman–Crippen MR) is 77.1 cm³/mol. The molecule has 0 aliphatic heterocycles. The Morgan fingerprint density at radius 3 is 2.55 bits per heavy atom. The van der Waals surface area contributed by atoms with Crippen molar-refractivity contribution in [1.82, 2.24) is 14.6 Å². The largest absolute Gasteiger partial charge is 0.228 e. The lowest BCUT2D eigenvalue weighted by Crippen LogP contribution is -1.94. The summed E-state index contributed by atoms with van der Waals surface area (Å²) in [6.45, 7) is 1.73. The maximum atomic E-state index is 13.1. The molecule has 5 heteroatoms. The fraction of sp³-hybridized carbons (Fsp3) is 0.133. The minimum atomic E-state index is -0.401. The van der Waals surface area contributed by atoms with Crippen LogP contribution in [0.1, 0.15) is 16.7 Å². The zero-order chi connectivity index (χ0) is 13.9. The molecule has 0 saturated carbocycles. The molecule has 0 atom stereocenters. The molecular weight excluding hydrogens is 273 g/mol. The fourth-order valence-corrected chi connectivity index (χ4v) is 2.55. The highest BCUT2D eigenvalue weighted by molar-refractivity contribution is 7.09. The topological polar surface area (TPSA) is 38.7 Å². The van der Waals surface area contributed by atoms with Crippen LogP contribution in [0.15, 0.2) is 42.7 Å². The van der Waals surface area contributed by atoms with E-state index in [1.807, 2.05) is 18.2 Å². The van der Waals surface area contributed by atoms with Crippen LogP contribution in [0.4, 0.5) is 4.39 Å². The first-order valence-corrected chi connectivity index (χ1v) is 6.97. The summed E-state index contributed by atoms with van der Waals surface area (Å²) >= 11 is 1.38. The number of nitrogens with zero attached hydrogens (tertiary/aromatic N) is 3. The highest BCUT2D eigenvalue weighted by atomic mass is 32.1. The molecular formula is C15H12FN3S. The molecule has 0 spiro atoms. The number of hydrogen-bond donors (Lipinski definition) is 0. The first-order valence-electron chi connectivity index (χ1n) is 6.20. The number of aromatic nitrogens is 3. The van der Waals surface area contributed by atoms with E-state index in [1.54, 1.807) is 19.3 Å². The molecule has 0 unspecified atom stereocenters. The molecule has 3 aromatic rings. The molecule has 3 nitrogen and oxygen atoms in total. The summed E-state index contributed by atoms with van der Waals surface area (Å²) in [4.78, 5) is 4.80. The van der Waals surface area contributed by atoms with Crippen LogP contribution in [0.2, 0.25) is 0 Å². The number of hydrogen-bond acceptors (Lipinski definition) is 4. The van der Waals surface area contributed by atoms with Crippen molar-refractivity contribution >= 4 is 11.5 Å². The molecule has 100 valence electrons. The van der Waals surface area contributed by atoms with Crippen LogP contribution in [-0.2, 0) is 6.42 Å². The van der Waals surface area contributed by atoms with Crippen LogP contribution in [0.5, 0.6) is 0 Å². The van der Waals surface area contributed by atoms with Gasteiger partial charge in [-0.3, -0.25) is 0 Å². The molecule has 0 bridgehead atoms. The molecule has 0 fully saturated rings. The lowest BCUT2D eigenvalue weighted by Gasteiger charge is -2.04. The molecule has 2 aromatic heterocycles. The zero-order valence-corrected chi connectivity index (χ0v) is 11.7. The van der Waals surface area contributed by atoms with E-state index in [0.717, 1.165) is 22.4 Å². The smallest absolute Gasteiger partial charge is 0.215 e. The summed E-state index contributed by atoms with van der Waals surface area (Å²) in [6.07, 6.45) is 4.09. The Balaban J connectivity index is 1.79. The van der Waals surface area contributed by atoms with E-state index in [4.69, 9.17) is 0 Å². The Morgan fingerprint density at radius 1 is 1.10 bits per heavy atom. The molecule has 0 saturated heterocycles. The van der Waals surface area contributed by atoms with Crippen molar-refractivity contribution in [2.24, 2.45) is 0 Å². The minimum Gasteiger partial charge on any atom is -0.228 e. The second kappa shape index (κ2) is 5.46. The van der Waals surface area contributed by atoms with E-state index in [2.05, 4.69) is 26.7 Å². The Kier molecular flexibility index (Phi) is 3.52. The Labute approximate surface area is 120 Å². The van der Waals surface area contributed by atoms with Crippen LogP contribution >= 0.6 is 11.5 Å². The molecule has 3 rings (SSSR count). The van der Waals surface area contributed by atoms with Gasteiger partial charge in [0.15, 0.2) is 0 Å². The number of halogens is 1. The van der Waals surface area contributed by atoms with Crippen LogP contribution in [-0.4, -0.2) is 14.6 Å². The van der Waals surface area contributed by atoms with Gasteiger partial charge in [-0.25, -0.2) is 4.98 Å². The van der Waals surface area contributed by atoms with E-state index < -0.39 is 5.95 Å². The van der Waals surface area contributed by atoms with E-state index >= 15 is 0 Å². The van der Waals surface area contributed by atoms with Gasteiger partial charge in [0.2, 0.25) is 5.95 Å². The van der Waals surface area contributed by atoms with Gasteiger partial charge in [-0.2, -0.15) is 4.39 Å². The molecule has 0 aliphatic rings. The molecule has 0 radical (unpaired) electrons. The van der Waals surface area contributed by atoms with E-state index in [1.165, 1.54) is 17.1 Å². The number of aryl methyl sites for hydroxylation is 1. The third kappa shape index (κ3) is 2.72. The number of pyridine rings is 1. The van der Waals surface area contributed by atoms with Gasteiger partial charge in [0, 0.05) is 11.8 Å². The minimum absolute atomic E-state index is 0.401. The normalized spacial score (nSPS) is 10.7. The third-order valence-electron chi connectivity index (χ3n) is 3.08. The second-order valence-corrected chi connectivity index (χ2v) is 5.39.